The van der Waals surface area contributed by atoms with E-state index in [0.717, 1.165) is 34.0 Å². The Hall–Kier alpha value is -3.90. The van der Waals surface area contributed by atoms with E-state index in [0.29, 0.717) is 24.3 Å². The number of ether oxygens (including phenoxy) is 1. The number of carbonyl (C=O) groups is 1. The molecule has 0 spiro atoms. The predicted molar refractivity (Wildman–Crippen MR) is 138 cm³/mol. The van der Waals surface area contributed by atoms with Crippen molar-refractivity contribution in [2.75, 3.05) is 13.2 Å². The average molecular weight is 473 g/mol. The number of hydrogen-bond donors (Lipinski definition) is 3. The molecule has 5 nitrogen and oxygen atoms in total. The van der Waals surface area contributed by atoms with Crippen LogP contribution >= 0.6 is 0 Å². The number of H-pyrrole nitrogens is 1. The highest BCUT2D eigenvalue weighted by Gasteiger charge is 2.19. The SMILES string of the molecule is CCCOc1ccc(/C=C/c2ccc(F)cc2)cc1C(=O)NC(CO)Cc1c[nH]c2ccccc12. The first-order valence-corrected chi connectivity index (χ1v) is 11.7. The molecule has 0 bridgehead atoms. The summed E-state index contributed by atoms with van der Waals surface area (Å²) in [5, 5.41) is 14.0. The molecule has 4 rings (SSSR count). The van der Waals surface area contributed by atoms with Crippen LogP contribution in [0.15, 0.2) is 72.9 Å². The standard InChI is InChI=1S/C29H29FN2O3/c1-2-15-35-28-14-11-21(8-7-20-9-12-23(30)13-10-20)16-26(28)29(34)32-24(19-33)17-22-18-31-27-6-4-3-5-25(22)27/h3-14,16,18,24,31,33H,2,15,17,19H2,1H3,(H,32,34)/b8-7+. The minimum absolute atomic E-state index is 0.194. The van der Waals surface area contributed by atoms with Gasteiger partial charge < -0.3 is 20.1 Å². The third-order valence-corrected chi connectivity index (χ3v) is 5.75. The maximum absolute atomic E-state index is 13.3. The summed E-state index contributed by atoms with van der Waals surface area (Å²) in [6, 6.07) is 19.1. The lowest BCUT2D eigenvalue weighted by molar-refractivity contribution is 0.0912. The average Bonchev–Trinajstić information content (AvgIpc) is 3.29. The fourth-order valence-corrected chi connectivity index (χ4v) is 3.92. The van der Waals surface area contributed by atoms with Crippen molar-refractivity contribution >= 4 is 29.0 Å². The van der Waals surface area contributed by atoms with Crippen molar-refractivity contribution < 1.29 is 19.0 Å². The molecule has 3 aromatic carbocycles. The molecule has 180 valence electrons. The highest BCUT2D eigenvalue weighted by Crippen LogP contribution is 2.23. The van der Waals surface area contributed by atoms with Crippen LogP contribution in [0.5, 0.6) is 5.75 Å². The maximum Gasteiger partial charge on any atom is 0.255 e. The quantitative estimate of drug-likeness (QED) is 0.263. The van der Waals surface area contributed by atoms with E-state index in [1.54, 1.807) is 24.3 Å². The van der Waals surface area contributed by atoms with Gasteiger partial charge in [0.25, 0.3) is 5.91 Å². The summed E-state index contributed by atoms with van der Waals surface area (Å²) in [4.78, 5) is 16.5. The largest absolute Gasteiger partial charge is 0.493 e. The molecule has 35 heavy (non-hydrogen) atoms. The molecule has 0 saturated heterocycles. The van der Waals surface area contributed by atoms with Crippen LogP contribution in [0.3, 0.4) is 0 Å². The molecule has 4 aromatic rings. The molecular formula is C29H29FN2O3. The minimum Gasteiger partial charge on any atom is -0.493 e. The topological polar surface area (TPSA) is 74.3 Å². The number of benzene rings is 3. The monoisotopic (exact) mass is 472 g/mol. The Morgan fingerprint density at radius 3 is 2.60 bits per heavy atom. The Morgan fingerprint density at radius 1 is 1.09 bits per heavy atom. The van der Waals surface area contributed by atoms with E-state index >= 15 is 0 Å². The predicted octanol–water partition coefficient (Wildman–Crippen LogP) is 5.60. The lowest BCUT2D eigenvalue weighted by Gasteiger charge is -2.18. The number of halogens is 1. The summed E-state index contributed by atoms with van der Waals surface area (Å²) in [7, 11) is 0. The molecule has 1 aromatic heterocycles. The molecule has 0 aliphatic rings. The number of nitrogens with one attached hydrogen (secondary N) is 2. The van der Waals surface area contributed by atoms with Gasteiger partial charge in [-0.15, -0.1) is 0 Å². The number of aliphatic hydroxyl groups is 1. The molecular weight excluding hydrogens is 443 g/mol. The molecule has 0 aliphatic heterocycles. The Morgan fingerprint density at radius 2 is 1.83 bits per heavy atom. The van der Waals surface area contributed by atoms with Gasteiger partial charge in [0.05, 0.1) is 24.8 Å². The molecule has 1 heterocycles. The third-order valence-electron chi connectivity index (χ3n) is 5.75. The van der Waals surface area contributed by atoms with Crippen LogP contribution in [0.2, 0.25) is 0 Å². The van der Waals surface area contributed by atoms with Gasteiger partial charge in [-0.3, -0.25) is 4.79 Å². The summed E-state index contributed by atoms with van der Waals surface area (Å²) in [6.45, 7) is 2.30. The van der Waals surface area contributed by atoms with Crippen molar-refractivity contribution in [3.8, 4) is 5.75 Å². The van der Waals surface area contributed by atoms with E-state index in [1.807, 2.05) is 55.6 Å². The zero-order valence-electron chi connectivity index (χ0n) is 19.6. The fraction of sp³-hybridized carbons (Fsp3) is 0.207. The summed E-state index contributed by atoms with van der Waals surface area (Å²) in [5.41, 5.74) is 4.10. The Labute approximate surface area is 204 Å². The van der Waals surface area contributed by atoms with E-state index < -0.39 is 6.04 Å². The molecule has 0 aliphatic carbocycles. The van der Waals surface area contributed by atoms with Crippen LogP contribution in [0.25, 0.3) is 23.1 Å². The summed E-state index contributed by atoms with van der Waals surface area (Å²) < 4.78 is 19.0. The van der Waals surface area contributed by atoms with Gasteiger partial charge in [-0.25, -0.2) is 4.39 Å². The van der Waals surface area contributed by atoms with E-state index in [9.17, 15) is 14.3 Å². The molecule has 0 saturated carbocycles. The van der Waals surface area contributed by atoms with Crippen molar-refractivity contribution in [1.82, 2.24) is 10.3 Å². The zero-order valence-corrected chi connectivity index (χ0v) is 19.6. The lowest BCUT2D eigenvalue weighted by atomic mass is 10.0. The van der Waals surface area contributed by atoms with Gasteiger partial charge in [0, 0.05) is 17.1 Å². The summed E-state index contributed by atoms with van der Waals surface area (Å²) in [5.74, 6) is -0.108. The van der Waals surface area contributed by atoms with Gasteiger partial charge in [-0.1, -0.05) is 55.5 Å². The molecule has 3 N–H and O–H groups in total. The first-order valence-electron chi connectivity index (χ1n) is 11.7. The molecule has 1 unspecified atom stereocenters. The van der Waals surface area contributed by atoms with E-state index in [1.165, 1.54) is 12.1 Å². The van der Waals surface area contributed by atoms with E-state index in [2.05, 4.69) is 10.3 Å². The van der Waals surface area contributed by atoms with E-state index in [4.69, 9.17) is 4.74 Å². The van der Waals surface area contributed by atoms with Gasteiger partial charge in [-0.2, -0.15) is 0 Å². The lowest BCUT2D eigenvalue weighted by Crippen LogP contribution is -2.39. The van der Waals surface area contributed by atoms with Crippen LogP contribution in [-0.2, 0) is 6.42 Å². The molecule has 1 atom stereocenters. The van der Waals surface area contributed by atoms with Crippen LogP contribution in [0.1, 0.15) is 40.4 Å². The van der Waals surface area contributed by atoms with Gasteiger partial charge in [0.1, 0.15) is 11.6 Å². The van der Waals surface area contributed by atoms with Crippen molar-refractivity contribution in [2.45, 2.75) is 25.8 Å². The molecule has 0 radical (unpaired) electrons. The smallest absolute Gasteiger partial charge is 0.255 e. The van der Waals surface area contributed by atoms with Crippen LogP contribution in [0, 0.1) is 5.82 Å². The number of hydrogen-bond acceptors (Lipinski definition) is 3. The van der Waals surface area contributed by atoms with Gasteiger partial charge >= 0.3 is 0 Å². The second-order valence-electron chi connectivity index (χ2n) is 8.41. The zero-order chi connectivity index (χ0) is 24.6. The van der Waals surface area contributed by atoms with Gasteiger partial charge in [0.2, 0.25) is 0 Å². The summed E-state index contributed by atoms with van der Waals surface area (Å²) >= 11 is 0. The summed E-state index contributed by atoms with van der Waals surface area (Å²) in [6.07, 6.45) is 6.93. The van der Waals surface area contributed by atoms with Crippen molar-refractivity contribution in [1.29, 1.82) is 0 Å². The Bertz CT molecular complexity index is 1310. The number of carbonyl (C=O) groups excluding carboxylic acids is 1. The van der Waals surface area contributed by atoms with Crippen LogP contribution in [-0.4, -0.2) is 35.3 Å². The van der Waals surface area contributed by atoms with Crippen LogP contribution < -0.4 is 10.1 Å². The van der Waals surface area contributed by atoms with Crippen LogP contribution in [0.4, 0.5) is 4.39 Å². The first kappa shape index (κ1) is 24.2. The normalized spacial score (nSPS) is 12.2. The second-order valence-corrected chi connectivity index (χ2v) is 8.41. The molecule has 0 fully saturated rings. The number of aliphatic hydroxyl groups excluding tert-OH is 1. The van der Waals surface area contributed by atoms with Crippen molar-refractivity contribution in [3.05, 3.63) is 101 Å². The maximum atomic E-state index is 13.3. The third kappa shape index (κ3) is 6.16. The van der Waals surface area contributed by atoms with E-state index in [-0.39, 0.29) is 18.3 Å². The van der Waals surface area contributed by atoms with Gasteiger partial charge in [0.15, 0.2) is 0 Å². The second kappa shape index (κ2) is 11.5. The van der Waals surface area contributed by atoms with Gasteiger partial charge in [-0.05, 0) is 59.9 Å². The highest BCUT2D eigenvalue weighted by molar-refractivity contribution is 5.98. The number of rotatable bonds is 10. The van der Waals surface area contributed by atoms with Crippen molar-refractivity contribution in [2.24, 2.45) is 0 Å². The molecule has 1 amide bonds. The number of amides is 1. The molecule has 6 heteroatoms. The number of fused-ring (bicyclic) bond motifs is 1. The first-order chi connectivity index (χ1) is 17.1. The Kier molecular flexibility index (Phi) is 7.95. The highest BCUT2D eigenvalue weighted by atomic mass is 19.1. The van der Waals surface area contributed by atoms with Crippen molar-refractivity contribution in [3.63, 3.8) is 0 Å². The number of para-hydroxylation sites is 1. The minimum atomic E-state index is -0.459. The number of aromatic nitrogens is 1. The number of aromatic amines is 1. The Balaban J connectivity index is 1.54. The fourth-order valence-electron chi connectivity index (χ4n) is 3.92.